The summed E-state index contributed by atoms with van der Waals surface area (Å²) in [5.74, 6) is -2.08. The molecule has 42 heavy (non-hydrogen) atoms. The van der Waals surface area contributed by atoms with Crippen LogP contribution in [0.5, 0.6) is 11.5 Å². The van der Waals surface area contributed by atoms with E-state index in [0.717, 1.165) is 17.7 Å². The second-order valence-electron chi connectivity index (χ2n) is 11.1. The highest BCUT2D eigenvalue weighted by atomic mass is 32.2. The third-order valence-electron chi connectivity index (χ3n) is 7.23. The first-order chi connectivity index (χ1) is 19.5. The van der Waals surface area contributed by atoms with Crippen molar-refractivity contribution in [3.8, 4) is 11.5 Å². The quantitative estimate of drug-likeness (QED) is 0.280. The third kappa shape index (κ3) is 5.94. The minimum Gasteiger partial charge on any atom is -0.496 e. The molecule has 1 amide bonds. The molecular weight excluding hydrogens is 575 g/mol. The number of methoxy groups -OCH3 is 1. The lowest BCUT2D eigenvalue weighted by Crippen LogP contribution is -2.61. The summed E-state index contributed by atoms with van der Waals surface area (Å²) in [6.45, 7) is 5.76. The molecule has 3 aromatic rings. The van der Waals surface area contributed by atoms with Crippen LogP contribution in [0.4, 0.5) is 13.2 Å². The van der Waals surface area contributed by atoms with Crippen molar-refractivity contribution in [2.75, 3.05) is 7.11 Å². The number of benzene rings is 3. The maximum absolute atomic E-state index is 14.1. The van der Waals surface area contributed by atoms with Gasteiger partial charge in [-0.05, 0) is 51.9 Å². The van der Waals surface area contributed by atoms with Crippen LogP contribution in [0.1, 0.15) is 53.4 Å². The number of carbonyl (C=O) groups is 2. The number of fused-ring (bicyclic) bond motifs is 1. The van der Waals surface area contributed by atoms with Gasteiger partial charge in [0.05, 0.1) is 7.11 Å². The van der Waals surface area contributed by atoms with Crippen molar-refractivity contribution in [2.24, 2.45) is 0 Å². The predicted octanol–water partition coefficient (Wildman–Crippen LogP) is 5.49. The number of ether oxygens (including phenoxy) is 1. The molecule has 0 aliphatic carbocycles. The van der Waals surface area contributed by atoms with Gasteiger partial charge in [0, 0.05) is 24.9 Å². The molecule has 0 saturated carbocycles. The van der Waals surface area contributed by atoms with E-state index in [-0.39, 0.29) is 35.9 Å². The van der Waals surface area contributed by atoms with Gasteiger partial charge in [-0.2, -0.15) is 21.6 Å². The molecule has 1 unspecified atom stereocenters. The Bertz CT molecular complexity index is 1620. The molecule has 0 spiro atoms. The molecule has 0 saturated heterocycles. The van der Waals surface area contributed by atoms with E-state index in [2.05, 4.69) is 4.18 Å². The Morgan fingerprint density at radius 3 is 2.21 bits per heavy atom. The molecule has 1 heterocycles. The number of nitrogens with zero attached hydrogens (tertiary/aromatic N) is 1. The van der Waals surface area contributed by atoms with E-state index in [0.29, 0.717) is 16.9 Å². The van der Waals surface area contributed by atoms with Gasteiger partial charge in [-0.1, -0.05) is 63.2 Å². The largest absolute Gasteiger partial charge is 0.534 e. The fraction of sp³-hybridized carbons (Fsp3) is 0.333. The van der Waals surface area contributed by atoms with E-state index in [4.69, 9.17) is 4.74 Å². The summed E-state index contributed by atoms with van der Waals surface area (Å²) in [6, 6.07) is 17.0. The van der Waals surface area contributed by atoms with Crippen LogP contribution in [0, 0.1) is 0 Å². The maximum Gasteiger partial charge on any atom is 0.534 e. The smallest absolute Gasteiger partial charge is 0.496 e. The molecule has 1 aliphatic heterocycles. The van der Waals surface area contributed by atoms with Crippen molar-refractivity contribution in [1.29, 1.82) is 0 Å². The van der Waals surface area contributed by atoms with E-state index in [1.807, 2.05) is 20.8 Å². The molecule has 0 bridgehead atoms. The number of aliphatic carboxylic acids is 1. The van der Waals surface area contributed by atoms with Crippen LogP contribution in [-0.4, -0.2) is 48.5 Å². The highest BCUT2D eigenvalue weighted by Gasteiger charge is 2.51. The zero-order valence-electron chi connectivity index (χ0n) is 23.4. The minimum absolute atomic E-state index is 0.127. The lowest BCUT2D eigenvalue weighted by molar-refractivity contribution is -0.151. The molecule has 1 aliphatic rings. The van der Waals surface area contributed by atoms with E-state index in [1.165, 1.54) is 18.1 Å². The van der Waals surface area contributed by atoms with E-state index in [9.17, 15) is 36.3 Å². The Hall–Kier alpha value is -4.06. The van der Waals surface area contributed by atoms with Crippen LogP contribution in [0.25, 0.3) is 0 Å². The molecule has 4 rings (SSSR count). The van der Waals surface area contributed by atoms with Crippen LogP contribution in [0.2, 0.25) is 0 Å². The predicted molar refractivity (Wildman–Crippen MR) is 148 cm³/mol. The summed E-state index contributed by atoms with van der Waals surface area (Å²) in [5.41, 5.74) is -5.49. The first-order valence-electron chi connectivity index (χ1n) is 12.9. The molecule has 1 N–H and O–H groups in total. The monoisotopic (exact) mass is 605 g/mol. The van der Waals surface area contributed by atoms with E-state index in [1.54, 1.807) is 48.5 Å². The third-order valence-corrected chi connectivity index (χ3v) is 8.21. The molecule has 3 aromatic carbocycles. The summed E-state index contributed by atoms with van der Waals surface area (Å²) < 4.78 is 71.8. The van der Waals surface area contributed by atoms with Crippen LogP contribution >= 0.6 is 0 Å². The van der Waals surface area contributed by atoms with Gasteiger partial charge in [-0.3, -0.25) is 4.79 Å². The van der Waals surface area contributed by atoms with Crippen molar-refractivity contribution in [1.82, 2.24) is 4.90 Å². The first-order valence-corrected chi connectivity index (χ1v) is 14.3. The second kappa shape index (κ2) is 11.0. The number of hydrogen-bond acceptors (Lipinski definition) is 6. The van der Waals surface area contributed by atoms with Gasteiger partial charge in [0.2, 0.25) is 0 Å². The molecule has 8 nitrogen and oxygen atoms in total. The topological polar surface area (TPSA) is 110 Å². The standard InChI is InChI=1S/C30H30F3NO7S/c1-28(2,3)24-13-11-20(15-25(24)40-4)26(35)34-18-21-10-12-23(41-42(38,39)30(31,32)33)14-22(21)17-29(34,27(36)37)16-19-8-6-5-7-9-19/h5-15H,16-18H2,1-4H3,(H,36,37). The van der Waals surface area contributed by atoms with Gasteiger partial charge >= 0.3 is 21.6 Å². The number of halogens is 3. The summed E-state index contributed by atoms with van der Waals surface area (Å²) >= 11 is 0. The Morgan fingerprint density at radius 2 is 1.64 bits per heavy atom. The van der Waals surface area contributed by atoms with Crippen molar-refractivity contribution in [2.45, 2.75) is 56.6 Å². The molecule has 12 heteroatoms. The average Bonchev–Trinajstić information content (AvgIpc) is 2.91. The van der Waals surface area contributed by atoms with Gasteiger partial charge in [0.1, 0.15) is 17.0 Å². The van der Waals surface area contributed by atoms with E-state index < -0.39 is 38.8 Å². The van der Waals surface area contributed by atoms with Crippen molar-refractivity contribution in [3.05, 3.63) is 94.5 Å². The SMILES string of the molecule is COc1cc(C(=O)N2Cc3ccc(OS(=O)(=O)C(F)(F)F)cc3CC2(Cc2ccccc2)C(=O)O)ccc1C(C)(C)C. The van der Waals surface area contributed by atoms with Crippen LogP contribution < -0.4 is 8.92 Å². The number of carboxylic acid groups (broad SMARTS) is 1. The van der Waals surface area contributed by atoms with Gasteiger partial charge in [0.15, 0.2) is 0 Å². The number of amides is 1. The number of alkyl halides is 3. The number of carboxylic acids is 1. The zero-order chi connectivity index (χ0) is 31.1. The number of rotatable bonds is 7. The maximum atomic E-state index is 14.1. The van der Waals surface area contributed by atoms with Gasteiger partial charge in [0.25, 0.3) is 5.91 Å². The summed E-state index contributed by atoms with van der Waals surface area (Å²) in [7, 11) is -4.47. The van der Waals surface area contributed by atoms with Crippen molar-refractivity contribution in [3.63, 3.8) is 0 Å². The molecule has 1 atom stereocenters. The molecule has 224 valence electrons. The van der Waals surface area contributed by atoms with Gasteiger partial charge in [-0.15, -0.1) is 0 Å². The Kier molecular flexibility index (Phi) is 8.07. The zero-order valence-corrected chi connectivity index (χ0v) is 24.2. The number of carbonyl (C=O) groups excluding carboxylic acids is 1. The van der Waals surface area contributed by atoms with Crippen LogP contribution in [0.15, 0.2) is 66.7 Å². The molecule has 0 aromatic heterocycles. The summed E-state index contributed by atoms with van der Waals surface area (Å²) in [5, 5.41) is 10.7. The fourth-order valence-electron chi connectivity index (χ4n) is 5.10. The van der Waals surface area contributed by atoms with Crippen molar-refractivity contribution < 1.29 is 45.2 Å². The normalized spacial score (nSPS) is 17.4. The fourth-order valence-corrected chi connectivity index (χ4v) is 5.55. The average molecular weight is 606 g/mol. The molecule has 0 radical (unpaired) electrons. The lowest BCUT2D eigenvalue weighted by Gasteiger charge is -2.45. The Labute approximate surface area is 241 Å². The first kappa shape index (κ1) is 30.9. The Morgan fingerprint density at radius 1 is 0.976 bits per heavy atom. The van der Waals surface area contributed by atoms with Gasteiger partial charge in [-0.25, -0.2) is 4.79 Å². The van der Waals surface area contributed by atoms with Gasteiger partial charge < -0.3 is 18.9 Å². The highest BCUT2D eigenvalue weighted by Crippen LogP contribution is 2.39. The minimum atomic E-state index is -5.94. The van der Waals surface area contributed by atoms with E-state index >= 15 is 0 Å². The highest BCUT2D eigenvalue weighted by molar-refractivity contribution is 7.88. The molecular formula is C30H30F3NO7S. The Balaban J connectivity index is 1.83. The lowest BCUT2D eigenvalue weighted by atomic mass is 9.78. The van der Waals surface area contributed by atoms with Crippen molar-refractivity contribution >= 4 is 22.0 Å². The van der Waals surface area contributed by atoms with Crippen LogP contribution in [0.3, 0.4) is 0 Å². The number of hydrogen-bond donors (Lipinski definition) is 1. The van der Waals surface area contributed by atoms with Crippen LogP contribution in [-0.2, 0) is 39.7 Å². The summed E-state index contributed by atoms with van der Waals surface area (Å²) in [4.78, 5) is 28.4. The molecule has 0 fully saturated rings. The second-order valence-corrected chi connectivity index (χ2v) is 12.7. The summed E-state index contributed by atoms with van der Waals surface area (Å²) in [6.07, 6.45) is -0.448.